The monoisotopic (exact) mass is 770 g/mol. The highest BCUT2D eigenvalue weighted by molar-refractivity contribution is 5.93. The van der Waals surface area contributed by atoms with Crippen LogP contribution >= 0.6 is 0 Å². The summed E-state index contributed by atoms with van der Waals surface area (Å²) in [5.41, 5.74) is 5.00. The quantitative estimate of drug-likeness (QED) is 0.0741. The summed E-state index contributed by atoms with van der Waals surface area (Å²) in [6, 6.07) is 24.6. The minimum Gasteiger partial charge on any atom is -0.508 e. The van der Waals surface area contributed by atoms with Gasteiger partial charge in [0.2, 0.25) is 0 Å². The third-order valence-electron chi connectivity index (χ3n) is 10.6. The summed E-state index contributed by atoms with van der Waals surface area (Å²) in [6.45, 7) is 0. The maximum atomic E-state index is 11.5. The highest BCUT2D eigenvalue weighted by Gasteiger charge is 2.43. The first-order valence-electron chi connectivity index (χ1n) is 17.8. The van der Waals surface area contributed by atoms with Crippen molar-refractivity contribution >= 4 is 11.6 Å². The lowest BCUT2D eigenvalue weighted by Gasteiger charge is -2.24. The second-order valence-electron chi connectivity index (χ2n) is 14.1. The van der Waals surface area contributed by atoms with Gasteiger partial charge in [0, 0.05) is 41.2 Å². The zero-order valence-electron chi connectivity index (χ0n) is 30.8. The Hall–Kier alpha value is -7.34. The number of hydrogen-bond acceptors (Lipinski definition) is 12. The van der Waals surface area contributed by atoms with Crippen LogP contribution in [-0.2, 0) is 0 Å². The Kier molecular flexibility index (Phi) is 9.04. The zero-order chi connectivity index (χ0) is 40.3. The van der Waals surface area contributed by atoms with Crippen molar-refractivity contribution in [3.05, 3.63) is 142 Å². The second kappa shape index (κ2) is 14.1. The van der Waals surface area contributed by atoms with E-state index < -0.39 is 23.9 Å². The maximum absolute atomic E-state index is 11.5. The van der Waals surface area contributed by atoms with E-state index in [1.807, 2.05) is 12.1 Å². The van der Waals surface area contributed by atoms with Gasteiger partial charge in [-0.25, -0.2) is 0 Å². The van der Waals surface area contributed by atoms with Gasteiger partial charge in [-0.2, -0.15) is 0 Å². The lowest BCUT2D eigenvalue weighted by Crippen LogP contribution is -2.11. The molecule has 6 aromatic carbocycles. The Bertz CT molecular complexity index is 2560. The first kappa shape index (κ1) is 36.6. The van der Waals surface area contributed by atoms with Crippen LogP contribution in [0, 0.1) is 0 Å². The molecule has 0 bridgehead atoms. The third kappa shape index (κ3) is 6.40. The molecule has 8 N–H and O–H groups in total. The Balaban J connectivity index is 1.38. The van der Waals surface area contributed by atoms with Crippen molar-refractivity contribution in [3.8, 4) is 69.0 Å². The summed E-state index contributed by atoms with van der Waals surface area (Å²) in [7, 11) is 4.35. The molecule has 12 heteroatoms. The lowest BCUT2D eigenvalue weighted by atomic mass is 9.79. The fourth-order valence-electron chi connectivity index (χ4n) is 8.35. The van der Waals surface area contributed by atoms with E-state index in [-0.39, 0.29) is 57.5 Å². The zero-order valence-corrected chi connectivity index (χ0v) is 30.8. The summed E-state index contributed by atoms with van der Waals surface area (Å²) in [4.78, 5) is 0. The molecule has 1 aliphatic heterocycles. The van der Waals surface area contributed by atoms with E-state index >= 15 is 0 Å². The van der Waals surface area contributed by atoms with Crippen LogP contribution in [0.15, 0.2) is 97.1 Å². The Morgan fingerprint density at radius 1 is 0.474 bits per heavy atom. The molecule has 290 valence electrons. The van der Waals surface area contributed by atoms with Gasteiger partial charge in [0.1, 0.15) is 40.6 Å². The first-order chi connectivity index (χ1) is 27.4. The molecule has 12 nitrogen and oxygen atoms in total. The van der Waals surface area contributed by atoms with Gasteiger partial charge in [-0.15, -0.1) is 0 Å². The Morgan fingerprint density at radius 3 is 1.58 bits per heavy atom. The minimum atomic E-state index is -0.745. The van der Waals surface area contributed by atoms with Crippen LogP contribution in [0.25, 0.3) is 11.6 Å². The minimum absolute atomic E-state index is 0.0672. The number of methoxy groups -OCH3 is 3. The second-order valence-corrected chi connectivity index (χ2v) is 14.1. The van der Waals surface area contributed by atoms with Crippen molar-refractivity contribution in [3.63, 3.8) is 0 Å². The van der Waals surface area contributed by atoms with Crippen molar-refractivity contribution in [2.45, 2.75) is 23.9 Å². The van der Waals surface area contributed by atoms with Gasteiger partial charge in [0.05, 0.1) is 27.2 Å². The molecule has 0 amide bonds. The molecule has 8 rings (SSSR count). The van der Waals surface area contributed by atoms with Crippen molar-refractivity contribution < 1.29 is 59.8 Å². The fourth-order valence-corrected chi connectivity index (χ4v) is 8.35. The van der Waals surface area contributed by atoms with Crippen molar-refractivity contribution in [2.24, 2.45) is 0 Å². The van der Waals surface area contributed by atoms with Gasteiger partial charge < -0.3 is 59.8 Å². The highest BCUT2D eigenvalue weighted by atomic mass is 16.5. The molecule has 0 saturated carbocycles. The smallest absolute Gasteiger partial charge is 0.166 e. The van der Waals surface area contributed by atoms with E-state index in [9.17, 15) is 40.9 Å². The molecule has 0 saturated heterocycles. The predicted molar refractivity (Wildman–Crippen MR) is 209 cm³/mol. The number of ether oxygens (including phenoxy) is 4. The van der Waals surface area contributed by atoms with E-state index in [2.05, 4.69) is 0 Å². The van der Waals surface area contributed by atoms with Crippen molar-refractivity contribution in [1.29, 1.82) is 0 Å². The molecule has 0 unspecified atom stereocenters. The predicted octanol–water partition coefficient (Wildman–Crippen LogP) is 8.09. The molecule has 1 heterocycles. The van der Waals surface area contributed by atoms with Gasteiger partial charge >= 0.3 is 0 Å². The number of phenols is 8. The summed E-state index contributed by atoms with van der Waals surface area (Å²) in [5.74, 6) is -2.14. The van der Waals surface area contributed by atoms with Crippen LogP contribution in [0.2, 0.25) is 0 Å². The molecule has 2 aliphatic rings. The largest absolute Gasteiger partial charge is 0.508 e. The van der Waals surface area contributed by atoms with E-state index in [1.54, 1.807) is 30.3 Å². The van der Waals surface area contributed by atoms with Gasteiger partial charge in [0.25, 0.3) is 0 Å². The van der Waals surface area contributed by atoms with Crippen LogP contribution in [0.4, 0.5) is 0 Å². The number of allylic oxidation sites excluding steroid dienone is 1. The Labute approximate surface area is 326 Å². The van der Waals surface area contributed by atoms with Crippen LogP contribution in [0.1, 0.15) is 68.4 Å². The van der Waals surface area contributed by atoms with Crippen LogP contribution in [-0.4, -0.2) is 62.2 Å². The molecule has 0 spiro atoms. The van der Waals surface area contributed by atoms with Crippen LogP contribution in [0.3, 0.4) is 0 Å². The van der Waals surface area contributed by atoms with Crippen molar-refractivity contribution in [1.82, 2.24) is 0 Å². The molecule has 0 aromatic heterocycles. The highest BCUT2D eigenvalue weighted by Crippen LogP contribution is 2.60. The third-order valence-corrected chi connectivity index (χ3v) is 10.6. The number of fused-ring (bicyclic) bond motifs is 2. The number of aromatic hydroxyl groups is 8. The fraction of sp³-hybridized carbons (Fsp3) is 0.156. The summed E-state index contributed by atoms with van der Waals surface area (Å²) >= 11 is 0. The topological polar surface area (TPSA) is 199 Å². The first-order valence-corrected chi connectivity index (χ1v) is 17.8. The standard InChI is InChI=1S/C45H38O12/c1-54-37-15-22(4-6-34(37)51)42-40(24-11-26(46)17-27(47)12-24)31(32-19-30(50)20-36(53)43(32)42)8-21-9-33-41(25-13-28(48)18-29(49)14-25)44(57-45(33)39(10-21)56-3)23-5-7-35(52)38(16-23)55-2/h4-20,40-42,44,46-53H,1-3H3/b31-8-/t40-,41+,42+,44-/m0/s1. The van der Waals surface area contributed by atoms with Gasteiger partial charge in [-0.05, 0) is 106 Å². The maximum Gasteiger partial charge on any atom is 0.166 e. The molecule has 1 aliphatic carbocycles. The average molecular weight is 771 g/mol. The van der Waals surface area contributed by atoms with Gasteiger partial charge in [-0.3, -0.25) is 0 Å². The van der Waals surface area contributed by atoms with E-state index in [0.717, 1.165) is 0 Å². The van der Waals surface area contributed by atoms with Crippen molar-refractivity contribution in [2.75, 3.05) is 21.3 Å². The summed E-state index contributed by atoms with van der Waals surface area (Å²) in [6.07, 6.45) is 1.11. The number of rotatable bonds is 8. The number of phenolic OH excluding ortho intramolecular Hbond substituents is 8. The molecule has 0 fully saturated rings. The summed E-state index contributed by atoms with van der Waals surface area (Å²) in [5, 5.41) is 86.0. The SMILES string of the molecule is COc1cc([C@H]2c3c(O)cc(O)cc3/C(=C/c3cc(OC)c4c(c3)[C@@H](c3cc(O)cc(O)c3)[C@H](c3ccc(O)c(OC)c3)O4)[C@@H]2c2cc(O)cc(O)c2)ccc1O. The molecular formula is C45H38O12. The molecule has 6 aromatic rings. The Morgan fingerprint density at radius 2 is 1.00 bits per heavy atom. The number of hydrogen-bond donors (Lipinski definition) is 8. The normalized spacial score (nSPS) is 18.8. The number of benzene rings is 6. The molecule has 4 atom stereocenters. The van der Waals surface area contributed by atoms with E-state index in [4.69, 9.17) is 18.9 Å². The van der Waals surface area contributed by atoms with Crippen LogP contribution in [0.5, 0.6) is 69.0 Å². The molecule has 0 radical (unpaired) electrons. The average Bonchev–Trinajstić information content (AvgIpc) is 3.70. The van der Waals surface area contributed by atoms with Crippen LogP contribution < -0.4 is 18.9 Å². The van der Waals surface area contributed by atoms with Gasteiger partial charge in [0.15, 0.2) is 34.5 Å². The molecule has 57 heavy (non-hydrogen) atoms. The van der Waals surface area contributed by atoms with E-state index in [0.29, 0.717) is 61.6 Å². The van der Waals surface area contributed by atoms with Gasteiger partial charge in [-0.1, -0.05) is 18.2 Å². The lowest BCUT2D eigenvalue weighted by molar-refractivity contribution is 0.213. The molecular weight excluding hydrogens is 732 g/mol. The summed E-state index contributed by atoms with van der Waals surface area (Å²) < 4.78 is 23.4. The van der Waals surface area contributed by atoms with E-state index in [1.165, 1.54) is 82.0 Å².